The first-order valence-corrected chi connectivity index (χ1v) is 8.50. The van der Waals surface area contributed by atoms with Crippen molar-refractivity contribution < 1.29 is 13.2 Å². The number of hydrogen-bond acceptors (Lipinski definition) is 4. The van der Waals surface area contributed by atoms with Crippen LogP contribution in [-0.2, 0) is 21.9 Å². The molecule has 0 bridgehead atoms. The molecule has 0 aliphatic carbocycles. The van der Waals surface area contributed by atoms with E-state index in [1.54, 1.807) is 23.1 Å². The van der Waals surface area contributed by atoms with Gasteiger partial charge in [0.15, 0.2) is 0 Å². The molecule has 0 saturated carbocycles. The van der Waals surface area contributed by atoms with Crippen molar-refractivity contribution in [3.63, 3.8) is 0 Å². The molecule has 1 aliphatic heterocycles. The number of carbonyl (C=O) groups excluding carboxylic acids is 1. The van der Waals surface area contributed by atoms with E-state index in [-0.39, 0.29) is 4.90 Å². The molecule has 8 heteroatoms. The third-order valence-electron chi connectivity index (χ3n) is 4.14. The summed E-state index contributed by atoms with van der Waals surface area (Å²) < 4.78 is 28.8. The Morgan fingerprint density at radius 2 is 1.86 bits per heavy atom. The minimum Gasteiger partial charge on any atom is -0.343 e. The minimum atomic E-state index is -3.55. The molecule has 2 heterocycles. The molecule has 0 N–H and O–H groups in total. The third kappa shape index (κ3) is 2.38. The van der Waals surface area contributed by atoms with Gasteiger partial charge in [0.2, 0.25) is 16.4 Å². The summed E-state index contributed by atoms with van der Waals surface area (Å²) in [7, 11) is -1.65. The van der Waals surface area contributed by atoms with Crippen molar-refractivity contribution >= 4 is 27.5 Å². The van der Waals surface area contributed by atoms with Crippen LogP contribution in [0.4, 0.5) is 0 Å². The minimum absolute atomic E-state index is 0.248. The summed E-state index contributed by atoms with van der Waals surface area (Å²) in [6, 6.07) is 5.01. The molecule has 7 nitrogen and oxygen atoms in total. The molecule has 1 fully saturated rings. The Hall–Kier alpha value is -1.93. The molecule has 1 aromatic heterocycles. The van der Waals surface area contributed by atoms with Gasteiger partial charge in [-0.1, -0.05) is 0 Å². The average molecular weight is 322 g/mol. The number of rotatable bonds is 3. The Morgan fingerprint density at radius 3 is 2.50 bits per heavy atom. The summed E-state index contributed by atoms with van der Waals surface area (Å²) in [6.45, 7) is 3.37. The molecule has 1 aliphatic rings. The van der Waals surface area contributed by atoms with Gasteiger partial charge >= 0.3 is 0 Å². The number of nitrogens with zero attached hydrogens (tertiary/aromatic N) is 4. The quantitative estimate of drug-likeness (QED) is 0.764. The van der Waals surface area contributed by atoms with Crippen LogP contribution in [0.1, 0.15) is 5.82 Å². The van der Waals surface area contributed by atoms with Gasteiger partial charge in [0.25, 0.3) is 0 Å². The normalized spacial score (nSPS) is 17.1. The van der Waals surface area contributed by atoms with E-state index >= 15 is 0 Å². The van der Waals surface area contributed by atoms with Crippen molar-refractivity contribution in [2.75, 3.05) is 26.2 Å². The predicted octanol–water partition coefficient (Wildman–Crippen LogP) is 0.344. The number of imidazole rings is 1. The number of aromatic nitrogens is 2. The zero-order chi connectivity index (χ0) is 15.9. The lowest BCUT2D eigenvalue weighted by molar-refractivity contribution is -0.119. The molecule has 0 spiro atoms. The van der Waals surface area contributed by atoms with Gasteiger partial charge in [-0.15, -0.1) is 0 Å². The van der Waals surface area contributed by atoms with Gasteiger partial charge in [0.1, 0.15) is 5.82 Å². The lowest BCUT2D eigenvalue weighted by Gasteiger charge is -2.31. The lowest BCUT2D eigenvalue weighted by Crippen LogP contribution is -2.47. The van der Waals surface area contributed by atoms with E-state index in [9.17, 15) is 13.2 Å². The summed E-state index contributed by atoms with van der Waals surface area (Å²) in [5.41, 5.74) is 1.58. The molecular formula is C14H18N4O3S. The average Bonchev–Trinajstić information content (AvgIpc) is 2.81. The number of aryl methyl sites for hydroxylation is 2. The first-order valence-electron chi connectivity index (χ1n) is 7.06. The van der Waals surface area contributed by atoms with Crippen molar-refractivity contribution in [3.8, 4) is 0 Å². The largest absolute Gasteiger partial charge is 0.343 e. The molecule has 0 radical (unpaired) electrons. The number of benzene rings is 1. The summed E-state index contributed by atoms with van der Waals surface area (Å²) in [4.78, 5) is 16.9. The summed E-state index contributed by atoms with van der Waals surface area (Å²) in [6.07, 6.45) is 0.757. The maximum Gasteiger partial charge on any atom is 0.243 e. The lowest BCUT2D eigenvalue weighted by atomic mass is 10.3. The number of carbonyl (C=O) groups is 1. The molecule has 1 amide bonds. The molecule has 1 aromatic carbocycles. The Bertz CT molecular complexity index is 820. The van der Waals surface area contributed by atoms with Gasteiger partial charge in [-0.05, 0) is 25.1 Å². The zero-order valence-electron chi connectivity index (χ0n) is 12.6. The fourth-order valence-electron chi connectivity index (χ4n) is 2.66. The Labute approximate surface area is 129 Å². The highest BCUT2D eigenvalue weighted by atomic mass is 32.2. The van der Waals surface area contributed by atoms with E-state index in [2.05, 4.69) is 4.98 Å². The fourth-order valence-corrected chi connectivity index (χ4v) is 4.10. The van der Waals surface area contributed by atoms with Gasteiger partial charge in [-0.3, -0.25) is 4.79 Å². The second-order valence-corrected chi connectivity index (χ2v) is 7.35. The van der Waals surface area contributed by atoms with Crippen LogP contribution < -0.4 is 0 Å². The number of sulfonamides is 1. The van der Waals surface area contributed by atoms with Crippen LogP contribution in [-0.4, -0.2) is 59.8 Å². The molecule has 0 atom stereocenters. The van der Waals surface area contributed by atoms with Crippen LogP contribution in [0.2, 0.25) is 0 Å². The molecule has 3 rings (SSSR count). The van der Waals surface area contributed by atoms with Crippen LogP contribution in [0.15, 0.2) is 23.1 Å². The maximum absolute atomic E-state index is 12.7. The molecule has 118 valence electrons. The standard InChI is InChI=1S/C14H18N4O3S/c1-11-15-13-9-12(3-4-14(13)16(11)2)22(20,21)18-7-5-17(10-19)6-8-18/h3-4,9-10H,5-8H2,1-2H3. The van der Waals surface area contributed by atoms with E-state index < -0.39 is 10.0 Å². The summed E-state index contributed by atoms with van der Waals surface area (Å²) in [5.74, 6) is 0.837. The van der Waals surface area contributed by atoms with Crippen LogP contribution in [0.3, 0.4) is 0 Å². The summed E-state index contributed by atoms with van der Waals surface area (Å²) >= 11 is 0. The smallest absolute Gasteiger partial charge is 0.243 e. The third-order valence-corrected chi connectivity index (χ3v) is 6.03. The van der Waals surface area contributed by atoms with E-state index in [1.165, 1.54) is 4.31 Å². The Balaban J connectivity index is 1.94. The summed E-state index contributed by atoms with van der Waals surface area (Å²) in [5, 5.41) is 0. The van der Waals surface area contributed by atoms with Crippen molar-refractivity contribution in [2.45, 2.75) is 11.8 Å². The Morgan fingerprint density at radius 1 is 1.18 bits per heavy atom. The van der Waals surface area contributed by atoms with Gasteiger partial charge in [0, 0.05) is 33.2 Å². The molecule has 2 aromatic rings. The van der Waals surface area contributed by atoms with Gasteiger partial charge in [-0.25, -0.2) is 13.4 Å². The zero-order valence-corrected chi connectivity index (χ0v) is 13.4. The molecular weight excluding hydrogens is 304 g/mol. The Kier molecular flexibility index (Phi) is 3.65. The highest BCUT2D eigenvalue weighted by Crippen LogP contribution is 2.22. The van der Waals surface area contributed by atoms with Crippen LogP contribution in [0.25, 0.3) is 11.0 Å². The van der Waals surface area contributed by atoms with Crippen molar-refractivity contribution in [3.05, 3.63) is 24.0 Å². The molecule has 0 unspecified atom stereocenters. The first-order chi connectivity index (χ1) is 10.4. The number of fused-ring (bicyclic) bond motifs is 1. The van der Waals surface area contributed by atoms with Crippen LogP contribution >= 0.6 is 0 Å². The van der Waals surface area contributed by atoms with E-state index in [1.807, 2.05) is 18.5 Å². The SMILES string of the molecule is Cc1nc2cc(S(=O)(=O)N3CCN(C=O)CC3)ccc2n1C. The van der Waals surface area contributed by atoms with Gasteiger partial charge in [-0.2, -0.15) is 4.31 Å². The predicted molar refractivity (Wildman–Crippen MR) is 81.8 cm³/mol. The second-order valence-electron chi connectivity index (χ2n) is 5.41. The molecule has 1 saturated heterocycles. The van der Waals surface area contributed by atoms with Crippen LogP contribution in [0, 0.1) is 6.92 Å². The van der Waals surface area contributed by atoms with Crippen molar-refractivity contribution in [1.82, 2.24) is 18.8 Å². The van der Waals surface area contributed by atoms with Crippen molar-refractivity contribution in [2.24, 2.45) is 7.05 Å². The van der Waals surface area contributed by atoms with E-state index in [0.29, 0.717) is 31.7 Å². The van der Waals surface area contributed by atoms with Crippen molar-refractivity contribution in [1.29, 1.82) is 0 Å². The van der Waals surface area contributed by atoms with E-state index in [0.717, 1.165) is 17.8 Å². The van der Waals surface area contributed by atoms with Gasteiger partial charge < -0.3 is 9.47 Å². The topological polar surface area (TPSA) is 75.5 Å². The second kappa shape index (κ2) is 5.36. The highest BCUT2D eigenvalue weighted by Gasteiger charge is 2.28. The van der Waals surface area contributed by atoms with Gasteiger partial charge in [0.05, 0.1) is 15.9 Å². The monoisotopic (exact) mass is 322 g/mol. The highest BCUT2D eigenvalue weighted by molar-refractivity contribution is 7.89. The van der Waals surface area contributed by atoms with Crippen LogP contribution in [0.5, 0.6) is 0 Å². The fraction of sp³-hybridized carbons (Fsp3) is 0.429. The van der Waals surface area contributed by atoms with E-state index in [4.69, 9.17) is 0 Å². The number of amides is 1. The maximum atomic E-state index is 12.7. The number of hydrogen-bond donors (Lipinski definition) is 0. The number of piperazine rings is 1. The first kappa shape index (κ1) is 15.0. The molecule has 22 heavy (non-hydrogen) atoms.